The van der Waals surface area contributed by atoms with Crippen LogP contribution in [-0.2, 0) is 0 Å². The summed E-state index contributed by atoms with van der Waals surface area (Å²) in [7, 11) is 0. The Bertz CT molecular complexity index is 620. The van der Waals surface area contributed by atoms with E-state index in [1.807, 2.05) is 0 Å². The number of fused-ring (bicyclic) bond motifs is 5. The zero-order chi connectivity index (χ0) is 21.5. The SMILES string of the molecule is CC(C)CCCCC[C@@H](C)[C@H]1CC[C@H]2[C@@H]3CC=C4C[C@@H](O)CC[C@]4(C)[C@H]3CC[C@]12C. The van der Waals surface area contributed by atoms with Crippen LogP contribution < -0.4 is 0 Å². The van der Waals surface area contributed by atoms with Gasteiger partial charge in [0.1, 0.15) is 0 Å². The smallest absolute Gasteiger partial charge is 0.0577 e. The maximum Gasteiger partial charge on any atom is 0.0577 e. The van der Waals surface area contributed by atoms with Crippen molar-refractivity contribution in [2.45, 2.75) is 124 Å². The summed E-state index contributed by atoms with van der Waals surface area (Å²) in [6, 6.07) is 0. The molecule has 1 N–H and O–H groups in total. The van der Waals surface area contributed by atoms with Gasteiger partial charge >= 0.3 is 0 Å². The Hall–Kier alpha value is -0.300. The molecule has 0 aliphatic heterocycles. The minimum Gasteiger partial charge on any atom is -0.393 e. The number of aliphatic hydroxyl groups excluding tert-OH is 1. The van der Waals surface area contributed by atoms with Gasteiger partial charge in [-0.3, -0.25) is 0 Å². The first-order valence-electron chi connectivity index (χ1n) is 13.6. The van der Waals surface area contributed by atoms with Gasteiger partial charge in [-0.05, 0) is 97.7 Å². The Morgan fingerprint density at radius 2 is 1.70 bits per heavy atom. The van der Waals surface area contributed by atoms with Gasteiger partial charge in [-0.25, -0.2) is 0 Å². The van der Waals surface area contributed by atoms with Crippen molar-refractivity contribution in [3.8, 4) is 0 Å². The van der Waals surface area contributed by atoms with Gasteiger partial charge < -0.3 is 5.11 Å². The second-order valence-electron chi connectivity index (χ2n) is 12.9. The van der Waals surface area contributed by atoms with Crippen LogP contribution in [0.2, 0.25) is 0 Å². The third-order valence-corrected chi connectivity index (χ3v) is 10.8. The van der Waals surface area contributed by atoms with Crippen LogP contribution >= 0.6 is 0 Å². The molecule has 30 heavy (non-hydrogen) atoms. The third-order valence-electron chi connectivity index (χ3n) is 10.8. The first kappa shape index (κ1) is 22.9. The fourth-order valence-corrected chi connectivity index (χ4v) is 9.01. The molecule has 1 heteroatoms. The zero-order valence-electron chi connectivity index (χ0n) is 20.8. The van der Waals surface area contributed by atoms with E-state index >= 15 is 0 Å². The Kier molecular flexibility index (Phi) is 6.80. The monoisotopic (exact) mass is 414 g/mol. The van der Waals surface area contributed by atoms with E-state index in [1.54, 1.807) is 5.57 Å². The molecule has 8 atom stereocenters. The molecule has 0 bridgehead atoms. The summed E-state index contributed by atoms with van der Waals surface area (Å²) in [6.45, 7) is 12.6. The molecular formula is C29H50O. The summed E-state index contributed by atoms with van der Waals surface area (Å²) >= 11 is 0. The number of hydrogen-bond acceptors (Lipinski definition) is 1. The molecule has 0 heterocycles. The van der Waals surface area contributed by atoms with Crippen LogP contribution in [0.1, 0.15) is 118 Å². The molecule has 0 radical (unpaired) electrons. The largest absolute Gasteiger partial charge is 0.393 e. The van der Waals surface area contributed by atoms with Gasteiger partial charge in [0.05, 0.1) is 6.10 Å². The minimum atomic E-state index is -0.0769. The highest BCUT2D eigenvalue weighted by Crippen LogP contribution is 2.67. The van der Waals surface area contributed by atoms with Gasteiger partial charge in [0, 0.05) is 0 Å². The van der Waals surface area contributed by atoms with Crippen molar-refractivity contribution in [3.63, 3.8) is 0 Å². The molecule has 0 aromatic heterocycles. The number of allylic oxidation sites excluding steroid dienone is 1. The highest BCUT2D eigenvalue weighted by molar-refractivity contribution is 5.25. The van der Waals surface area contributed by atoms with E-state index in [-0.39, 0.29) is 6.10 Å². The quantitative estimate of drug-likeness (QED) is 0.329. The van der Waals surface area contributed by atoms with Crippen LogP contribution in [0.5, 0.6) is 0 Å². The van der Waals surface area contributed by atoms with Gasteiger partial charge in [0.25, 0.3) is 0 Å². The summed E-state index contributed by atoms with van der Waals surface area (Å²) in [5, 5.41) is 10.2. The Morgan fingerprint density at radius 1 is 0.933 bits per heavy atom. The van der Waals surface area contributed by atoms with Crippen LogP contribution in [0.3, 0.4) is 0 Å². The van der Waals surface area contributed by atoms with Gasteiger partial charge in [0.15, 0.2) is 0 Å². The van der Waals surface area contributed by atoms with Gasteiger partial charge in [-0.2, -0.15) is 0 Å². The van der Waals surface area contributed by atoms with Crippen LogP contribution in [0.15, 0.2) is 11.6 Å². The molecular weight excluding hydrogens is 364 g/mol. The van der Waals surface area contributed by atoms with E-state index in [2.05, 4.69) is 40.7 Å². The van der Waals surface area contributed by atoms with Crippen LogP contribution in [0, 0.1) is 46.3 Å². The first-order chi connectivity index (χ1) is 14.3. The second kappa shape index (κ2) is 8.92. The molecule has 0 spiro atoms. The standard InChI is InChI=1S/C29H50O/c1-20(2)9-7-6-8-10-21(3)25-13-14-26-24-12-11-22-19-23(30)15-17-28(22,4)27(24)16-18-29(25,26)5/h11,20-21,23-27,30H,6-10,12-19H2,1-5H3/t21-,23+,24+,25-,26+,27+,28+,29-/m1/s1. The van der Waals surface area contributed by atoms with E-state index in [4.69, 9.17) is 0 Å². The maximum absolute atomic E-state index is 10.2. The van der Waals surface area contributed by atoms with E-state index in [1.165, 1.54) is 70.6 Å². The molecule has 4 aliphatic carbocycles. The molecule has 0 aromatic carbocycles. The fraction of sp³-hybridized carbons (Fsp3) is 0.931. The van der Waals surface area contributed by atoms with Crippen molar-refractivity contribution >= 4 is 0 Å². The molecule has 0 unspecified atom stereocenters. The average Bonchev–Trinajstić information content (AvgIpc) is 3.05. The number of unbranched alkanes of at least 4 members (excludes halogenated alkanes) is 2. The molecule has 0 aromatic rings. The molecule has 3 saturated carbocycles. The normalized spacial score (nSPS) is 44.2. The predicted molar refractivity (Wildman–Crippen MR) is 128 cm³/mol. The van der Waals surface area contributed by atoms with E-state index in [0.717, 1.165) is 48.3 Å². The summed E-state index contributed by atoms with van der Waals surface area (Å²) in [6.07, 6.45) is 20.1. The summed E-state index contributed by atoms with van der Waals surface area (Å²) in [5.41, 5.74) is 2.60. The molecule has 4 rings (SSSR count). The first-order valence-corrected chi connectivity index (χ1v) is 13.6. The third kappa shape index (κ3) is 4.06. The lowest BCUT2D eigenvalue weighted by molar-refractivity contribution is -0.0572. The molecule has 4 aliphatic rings. The number of rotatable bonds is 7. The van der Waals surface area contributed by atoms with Gasteiger partial charge in [-0.1, -0.05) is 78.4 Å². The zero-order valence-corrected chi connectivity index (χ0v) is 20.8. The van der Waals surface area contributed by atoms with Crippen LogP contribution in [-0.4, -0.2) is 11.2 Å². The lowest BCUT2D eigenvalue weighted by Gasteiger charge is -2.58. The van der Waals surface area contributed by atoms with Gasteiger partial charge in [-0.15, -0.1) is 0 Å². The van der Waals surface area contributed by atoms with E-state index < -0.39 is 0 Å². The molecule has 1 nitrogen and oxygen atoms in total. The number of aliphatic hydroxyl groups is 1. The summed E-state index contributed by atoms with van der Waals surface area (Å²) < 4.78 is 0. The second-order valence-corrected chi connectivity index (χ2v) is 12.9. The maximum atomic E-state index is 10.2. The number of hydrogen-bond donors (Lipinski definition) is 1. The molecule has 3 fully saturated rings. The van der Waals surface area contributed by atoms with Crippen molar-refractivity contribution in [3.05, 3.63) is 11.6 Å². The van der Waals surface area contributed by atoms with Crippen molar-refractivity contribution < 1.29 is 5.11 Å². The van der Waals surface area contributed by atoms with Crippen molar-refractivity contribution in [1.29, 1.82) is 0 Å². The van der Waals surface area contributed by atoms with E-state index in [9.17, 15) is 5.11 Å². The Balaban J connectivity index is 1.40. The van der Waals surface area contributed by atoms with Gasteiger partial charge in [0.2, 0.25) is 0 Å². The van der Waals surface area contributed by atoms with Crippen molar-refractivity contribution in [2.75, 3.05) is 0 Å². The van der Waals surface area contributed by atoms with Crippen LogP contribution in [0.4, 0.5) is 0 Å². The minimum absolute atomic E-state index is 0.0769. The predicted octanol–water partition coefficient (Wildman–Crippen LogP) is 8.17. The molecule has 0 saturated heterocycles. The molecule has 0 amide bonds. The fourth-order valence-electron chi connectivity index (χ4n) is 9.01. The van der Waals surface area contributed by atoms with Crippen molar-refractivity contribution in [1.82, 2.24) is 0 Å². The molecule has 172 valence electrons. The summed E-state index contributed by atoms with van der Waals surface area (Å²) in [4.78, 5) is 0. The Morgan fingerprint density at radius 3 is 2.47 bits per heavy atom. The lowest BCUT2D eigenvalue weighted by Crippen LogP contribution is -2.50. The highest BCUT2D eigenvalue weighted by atomic mass is 16.3. The topological polar surface area (TPSA) is 20.2 Å². The van der Waals surface area contributed by atoms with Crippen molar-refractivity contribution in [2.24, 2.45) is 46.3 Å². The van der Waals surface area contributed by atoms with Crippen LogP contribution in [0.25, 0.3) is 0 Å². The summed E-state index contributed by atoms with van der Waals surface area (Å²) in [5.74, 6) is 5.48. The lowest BCUT2D eigenvalue weighted by atomic mass is 9.47. The average molecular weight is 415 g/mol. The van der Waals surface area contributed by atoms with E-state index in [0.29, 0.717) is 10.8 Å². The highest BCUT2D eigenvalue weighted by Gasteiger charge is 2.59. The Labute approximate surface area is 187 Å².